The van der Waals surface area contributed by atoms with Crippen LogP contribution in [0, 0.1) is 0 Å². The van der Waals surface area contributed by atoms with Crippen molar-refractivity contribution >= 4 is 23.5 Å². The predicted octanol–water partition coefficient (Wildman–Crippen LogP) is 3.37. The van der Waals surface area contributed by atoms with Gasteiger partial charge in [0.15, 0.2) is 0 Å². The number of amides is 3. The van der Waals surface area contributed by atoms with Gasteiger partial charge in [-0.15, -0.1) is 10.2 Å². The third-order valence-electron chi connectivity index (χ3n) is 5.53. The number of urea groups is 1. The van der Waals surface area contributed by atoms with Crippen LogP contribution in [0.25, 0.3) is 11.5 Å². The van der Waals surface area contributed by atoms with Crippen molar-refractivity contribution in [2.45, 2.75) is 31.3 Å². The molecule has 8 heteroatoms. The topological polar surface area (TPSA) is 88.3 Å². The number of carbonyl (C=O) groups is 2. The summed E-state index contributed by atoms with van der Waals surface area (Å²) in [5.74, 6) is 0.264. The molecule has 1 aliphatic carbocycles. The third-order valence-corrected chi connectivity index (χ3v) is 5.78. The van der Waals surface area contributed by atoms with Gasteiger partial charge in [-0.1, -0.05) is 35.9 Å². The zero-order chi connectivity index (χ0) is 20.0. The number of fused-ring (bicyclic) bond motifs is 1. The van der Waals surface area contributed by atoms with Gasteiger partial charge in [0.2, 0.25) is 11.8 Å². The summed E-state index contributed by atoms with van der Waals surface area (Å²) in [4.78, 5) is 26.9. The van der Waals surface area contributed by atoms with Crippen molar-refractivity contribution in [2.75, 3.05) is 0 Å². The Morgan fingerprint density at radius 2 is 1.83 bits per heavy atom. The molecule has 1 saturated heterocycles. The molecule has 1 N–H and O–H groups in total. The van der Waals surface area contributed by atoms with E-state index in [1.807, 2.05) is 18.2 Å². The van der Waals surface area contributed by atoms with E-state index >= 15 is 0 Å². The first-order valence-corrected chi connectivity index (χ1v) is 9.71. The van der Waals surface area contributed by atoms with E-state index in [1.54, 1.807) is 24.3 Å². The van der Waals surface area contributed by atoms with Gasteiger partial charge < -0.3 is 9.73 Å². The minimum absolute atomic E-state index is 0.0609. The molecule has 1 aliphatic heterocycles. The number of imide groups is 1. The lowest BCUT2D eigenvalue weighted by Gasteiger charge is -2.32. The van der Waals surface area contributed by atoms with E-state index in [1.165, 1.54) is 5.56 Å². The van der Waals surface area contributed by atoms with Crippen molar-refractivity contribution in [2.24, 2.45) is 0 Å². The fourth-order valence-electron chi connectivity index (χ4n) is 4.01. The number of halogens is 1. The lowest BCUT2D eigenvalue weighted by molar-refractivity contribution is -0.132. The summed E-state index contributed by atoms with van der Waals surface area (Å²) in [5.41, 5.74) is 2.13. The molecule has 1 spiro atoms. The van der Waals surface area contributed by atoms with Crippen LogP contribution < -0.4 is 5.32 Å². The van der Waals surface area contributed by atoms with Gasteiger partial charge in [0.25, 0.3) is 5.91 Å². The molecular formula is C21H17ClN4O3. The number of nitrogens with one attached hydrogen (secondary N) is 1. The third kappa shape index (κ3) is 3.07. The summed E-state index contributed by atoms with van der Waals surface area (Å²) in [5, 5.41) is 11.5. The Morgan fingerprint density at radius 1 is 1.07 bits per heavy atom. The molecule has 29 heavy (non-hydrogen) atoms. The van der Waals surface area contributed by atoms with Crippen LogP contribution in [0.2, 0.25) is 5.02 Å². The van der Waals surface area contributed by atoms with E-state index in [0.29, 0.717) is 29.3 Å². The summed E-state index contributed by atoms with van der Waals surface area (Å²) in [6.07, 6.45) is 1.81. The number of carbonyl (C=O) groups excluding carboxylic acids is 2. The molecule has 3 aromatic rings. The minimum atomic E-state index is -0.898. The fourth-order valence-corrected chi connectivity index (χ4v) is 4.13. The van der Waals surface area contributed by atoms with Crippen molar-refractivity contribution in [1.29, 1.82) is 0 Å². The highest BCUT2D eigenvalue weighted by atomic mass is 35.5. The molecule has 3 amide bonds. The summed E-state index contributed by atoms with van der Waals surface area (Å²) in [6.45, 7) is -0.0609. The standard InChI is InChI=1S/C21H17ClN4O3/c22-16-7-5-14(6-8-16)18-25-24-17(29-18)12-26-19(27)21(23-20(26)28)10-9-13-3-1-2-4-15(13)11-21/h1-8H,9-12H2,(H,23,28)/t21-/m1/s1. The monoisotopic (exact) mass is 408 g/mol. The van der Waals surface area contributed by atoms with E-state index in [2.05, 4.69) is 21.6 Å². The molecule has 0 bridgehead atoms. The maximum absolute atomic E-state index is 13.2. The van der Waals surface area contributed by atoms with Crippen LogP contribution in [0.5, 0.6) is 0 Å². The quantitative estimate of drug-likeness (QED) is 0.671. The lowest BCUT2D eigenvalue weighted by atomic mass is 9.78. The summed E-state index contributed by atoms with van der Waals surface area (Å²) < 4.78 is 5.66. The molecule has 0 radical (unpaired) electrons. The van der Waals surface area contributed by atoms with Crippen LogP contribution in [0.3, 0.4) is 0 Å². The molecule has 2 aliphatic rings. The molecular weight excluding hydrogens is 392 g/mol. The molecule has 7 nitrogen and oxygen atoms in total. The van der Waals surface area contributed by atoms with Gasteiger partial charge >= 0.3 is 6.03 Å². The number of nitrogens with zero attached hydrogens (tertiary/aromatic N) is 3. The zero-order valence-electron chi connectivity index (χ0n) is 15.4. The zero-order valence-corrected chi connectivity index (χ0v) is 16.1. The van der Waals surface area contributed by atoms with Crippen molar-refractivity contribution in [3.05, 3.63) is 70.6 Å². The number of hydrogen-bond acceptors (Lipinski definition) is 5. The molecule has 0 saturated carbocycles. The highest BCUT2D eigenvalue weighted by Crippen LogP contribution is 2.34. The van der Waals surface area contributed by atoms with Crippen LogP contribution in [0.4, 0.5) is 4.79 Å². The highest BCUT2D eigenvalue weighted by molar-refractivity contribution is 6.30. The van der Waals surface area contributed by atoms with Crippen molar-refractivity contribution < 1.29 is 14.0 Å². The van der Waals surface area contributed by atoms with Crippen LogP contribution in [0.15, 0.2) is 52.9 Å². The molecule has 146 valence electrons. The van der Waals surface area contributed by atoms with Crippen molar-refractivity contribution in [1.82, 2.24) is 20.4 Å². The molecule has 1 fully saturated rings. The van der Waals surface area contributed by atoms with E-state index in [4.69, 9.17) is 16.0 Å². The maximum Gasteiger partial charge on any atom is 0.325 e. The van der Waals surface area contributed by atoms with Crippen molar-refractivity contribution in [3.63, 3.8) is 0 Å². The first kappa shape index (κ1) is 17.9. The van der Waals surface area contributed by atoms with Crippen LogP contribution >= 0.6 is 11.6 Å². The fraction of sp³-hybridized carbons (Fsp3) is 0.238. The van der Waals surface area contributed by atoms with Crippen LogP contribution in [-0.2, 0) is 24.2 Å². The van der Waals surface area contributed by atoms with E-state index in [0.717, 1.165) is 16.9 Å². The van der Waals surface area contributed by atoms with Crippen molar-refractivity contribution in [3.8, 4) is 11.5 Å². The van der Waals surface area contributed by atoms with E-state index in [-0.39, 0.29) is 18.3 Å². The highest BCUT2D eigenvalue weighted by Gasteiger charge is 2.52. The Bertz CT molecular complexity index is 1110. The van der Waals surface area contributed by atoms with Gasteiger partial charge in [0.1, 0.15) is 12.1 Å². The Kier molecular flexibility index (Phi) is 4.13. The average Bonchev–Trinajstić information content (AvgIpc) is 3.28. The van der Waals surface area contributed by atoms with Gasteiger partial charge in [-0.2, -0.15) is 0 Å². The maximum atomic E-state index is 13.2. The molecule has 5 rings (SSSR count). The van der Waals surface area contributed by atoms with E-state index < -0.39 is 11.6 Å². The normalized spacial score (nSPS) is 20.8. The van der Waals surface area contributed by atoms with Gasteiger partial charge in [-0.25, -0.2) is 4.79 Å². The van der Waals surface area contributed by atoms with Crippen LogP contribution in [-0.4, -0.2) is 32.6 Å². The SMILES string of the molecule is O=C1N[C@@]2(CCc3ccccc3C2)C(=O)N1Cc1nnc(-c2ccc(Cl)cc2)o1. The molecule has 2 heterocycles. The second-order valence-corrected chi connectivity index (χ2v) is 7.79. The largest absolute Gasteiger partial charge is 0.419 e. The average molecular weight is 409 g/mol. The Morgan fingerprint density at radius 3 is 2.62 bits per heavy atom. The first-order chi connectivity index (χ1) is 14.0. The number of rotatable bonds is 3. The van der Waals surface area contributed by atoms with Crippen LogP contribution in [0.1, 0.15) is 23.4 Å². The minimum Gasteiger partial charge on any atom is -0.419 e. The van der Waals surface area contributed by atoms with Gasteiger partial charge in [-0.05, 0) is 48.2 Å². The van der Waals surface area contributed by atoms with Gasteiger partial charge in [-0.3, -0.25) is 9.69 Å². The summed E-state index contributed by atoms with van der Waals surface area (Å²) in [7, 11) is 0. The smallest absolute Gasteiger partial charge is 0.325 e. The summed E-state index contributed by atoms with van der Waals surface area (Å²) in [6, 6.07) is 14.6. The molecule has 1 aromatic heterocycles. The molecule has 1 atom stereocenters. The van der Waals surface area contributed by atoms with E-state index in [9.17, 15) is 9.59 Å². The lowest BCUT2D eigenvalue weighted by Crippen LogP contribution is -2.51. The second-order valence-electron chi connectivity index (χ2n) is 7.36. The number of aryl methyl sites for hydroxylation is 1. The van der Waals surface area contributed by atoms with Gasteiger partial charge in [0, 0.05) is 17.0 Å². The predicted molar refractivity (Wildman–Crippen MR) is 105 cm³/mol. The Labute approximate surface area is 171 Å². The first-order valence-electron chi connectivity index (χ1n) is 9.33. The Balaban J connectivity index is 1.36. The molecule has 2 aromatic carbocycles. The van der Waals surface area contributed by atoms with Gasteiger partial charge in [0.05, 0.1) is 0 Å². The molecule has 0 unspecified atom stereocenters. The Hall–Kier alpha value is -3.19. The number of benzene rings is 2. The number of aromatic nitrogens is 2. The second kappa shape index (κ2) is 6.70. The number of hydrogen-bond donors (Lipinski definition) is 1. The summed E-state index contributed by atoms with van der Waals surface area (Å²) >= 11 is 5.90.